The van der Waals surface area contributed by atoms with Gasteiger partial charge in [0.1, 0.15) is 11.9 Å². The molecule has 104 valence electrons. The Morgan fingerprint density at radius 3 is 2.90 bits per heavy atom. The van der Waals surface area contributed by atoms with Crippen molar-refractivity contribution in [2.24, 2.45) is 0 Å². The quantitative estimate of drug-likeness (QED) is 0.913. The lowest BCUT2D eigenvalue weighted by molar-refractivity contribution is 0.0655. The highest BCUT2D eigenvalue weighted by atomic mass is 79.9. The molecule has 20 heavy (non-hydrogen) atoms. The number of pyridine rings is 1. The second-order valence-corrected chi connectivity index (χ2v) is 5.59. The van der Waals surface area contributed by atoms with Gasteiger partial charge in [0.2, 0.25) is 5.88 Å². The molecule has 0 saturated heterocycles. The molecule has 0 amide bonds. The van der Waals surface area contributed by atoms with E-state index in [1.54, 1.807) is 19.4 Å². The topological polar surface area (TPSA) is 51.6 Å². The average Bonchev–Trinajstić information content (AvgIpc) is 2.46. The van der Waals surface area contributed by atoms with E-state index in [9.17, 15) is 5.11 Å². The maximum Gasteiger partial charge on any atom is 0.212 e. The van der Waals surface area contributed by atoms with Gasteiger partial charge in [0.15, 0.2) is 0 Å². The van der Waals surface area contributed by atoms with E-state index in [0.29, 0.717) is 18.1 Å². The summed E-state index contributed by atoms with van der Waals surface area (Å²) in [6.07, 6.45) is 1.51. The van der Waals surface area contributed by atoms with Crippen molar-refractivity contribution in [3.63, 3.8) is 0 Å². The number of aromatic nitrogens is 1. The number of aliphatic hydroxyl groups excluding tert-OH is 1. The fourth-order valence-corrected chi connectivity index (χ4v) is 2.66. The molecular formula is C15H14BrNO3. The van der Waals surface area contributed by atoms with Crippen LogP contribution in [0.4, 0.5) is 0 Å². The molecule has 2 heterocycles. The molecule has 0 saturated carbocycles. The van der Waals surface area contributed by atoms with Crippen LogP contribution >= 0.6 is 15.9 Å². The number of methoxy groups -OCH3 is 1. The molecular weight excluding hydrogens is 322 g/mol. The maximum absolute atomic E-state index is 10.2. The molecule has 2 atom stereocenters. The van der Waals surface area contributed by atoms with Crippen LogP contribution in [0, 0.1) is 0 Å². The monoisotopic (exact) mass is 335 g/mol. The van der Waals surface area contributed by atoms with E-state index >= 15 is 0 Å². The molecule has 0 bridgehead atoms. The Morgan fingerprint density at radius 1 is 1.35 bits per heavy atom. The number of hydrogen-bond acceptors (Lipinski definition) is 4. The van der Waals surface area contributed by atoms with Gasteiger partial charge in [-0.3, -0.25) is 0 Å². The summed E-state index contributed by atoms with van der Waals surface area (Å²) in [5.74, 6) is 1.27. The molecule has 1 aliphatic rings. The SMILES string of the molecule is COc1ccc(C2CC(O)c3ccc(Br)cc3O2)cn1. The smallest absolute Gasteiger partial charge is 0.212 e. The van der Waals surface area contributed by atoms with E-state index < -0.39 is 6.10 Å². The summed E-state index contributed by atoms with van der Waals surface area (Å²) in [7, 11) is 1.58. The van der Waals surface area contributed by atoms with Crippen LogP contribution in [0.1, 0.15) is 29.8 Å². The van der Waals surface area contributed by atoms with Crippen LogP contribution in [0.15, 0.2) is 41.0 Å². The zero-order chi connectivity index (χ0) is 14.1. The van der Waals surface area contributed by atoms with Crippen molar-refractivity contribution >= 4 is 15.9 Å². The maximum atomic E-state index is 10.2. The highest BCUT2D eigenvalue weighted by Crippen LogP contribution is 2.41. The van der Waals surface area contributed by atoms with Gasteiger partial charge < -0.3 is 14.6 Å². The Balaban J connectivity index is 1.89. The Labute approximate surface area is 125 Å². The van der Waals surface area contributed by atoms with Crippen LogP contribution < -0.4 is 9.47 Å². The summed E-state index contributed by atoms with van der Waals surface area (Å²) in [5.41, 5.74) is 1.75. The van der Waals surface area contributed by atoms with Gasteiger partial charge in [0.25, 0.3) is 0 Å². The van der Waals surface area contributed by atoms with Crippen molar-refractivity contribution in [3.05, 3.63) is 52.1 Å². The highest BCUT2D eigenvalue weighted by molar-refractivity contribution is 9.10. The van der Waals surface area contributed by atoms with E-state index in [1.165, 1.54) is 0 Å². The van der Waals surface area contributed by atoms with Gasteiger partial charge in [-0.2, -0.15) is 0 Å². The predicted molar refractivity (Wildman–Crippen MR) is 77.9 cm³/mol. The van der Waals surface area contributed by atoms with Crippen LogP contribution in [-0.2, 0) is 0 Å². The van der Waals surface area contributed by atoms with Gasteiger partial charge in [-0.05, 0) is 18.2 Å². The molecule has 2 aromatic rings. The summed E-state index contributed by atoms with van der Waals surface area (Å²) in [6.45, 7) is 0. The normalized spacial score (nSPS) is 20.9. The summed E-state index contributed by atoms with van der Waals surface area (Å²) >= 11 is 3.41. The number of benzene rings is 1. The first kappa shape index (κ1) is 13.4. The van der Waals surface area contributed by atoms with E-state index in [2.05, 4.69) is 20.9 Å². The van der Waals surface area contributed by atoms with Crippen LogP contribution in [-0.4, -0.2) is 17.2 Å². The largest absolute Gasteiger partial charge is 0.485 e. The molecule has 1 aliphatic heterocycles. The molecule has 3 rings (SSSR count). The Kier molecular flexibility index (Phi) is 3.63. The van der Waals surface area contributed by atoms with Crippen molar-refractivity contribution in [1.82, 2.24) is 4.98 Å². The van der Waals surface area contributed by atoms with Crippen LogP contribution in [0.3, 0.4) is 0 Å². The third kappa shape index (κ3) is 2.51. The molecule has 5 heteroatoms. The lowest BCUT2D eigenvalue weighted by Crippen LogP contribution is -2.19. The molecule has 0 fully saturated rings. The van der Waals surface area contributed by atoms with E-state index in [-0.39, 0.29) is 6.10 Å². The van der Waals surface area contributed by atoms with Gasteiger partial charge in [-0.15, -0.1) is 0 Å². The zero-order valence-corrected chi connectivity index (χ0v) is 12.5. The fraction of sp³-hybridized carbons (Fsp3) is 0.267. The van der Waals surface area contributed by atoms with E-state index in [0.717, 1.165) is 15.6 Å². The van der Waals surface area contributed by atoms with Gasteiger partial charge in [-0.25, -0.2) is 4.98 Å². The van der Waals surface area contributed by atoms with E-state index in [1.807, 2.05) is 24.3 Å². The number of hydrogen-bond donors (Lipinski definition) is 1. The number of fused-ring (bicyclic) bond motifs is 1. The molecule has 1 N–H and O–H groups in total. The highest BCUT2D eigenvalue weighted by Gasteiger charge is 2.28. The molecule has 1 aromatic carbocycles. The second kappa shape index (κ2) is 5.42. The van der Waals surface area contributed by atoms with E-state index in [4.69, 9.17) is 9.47 Å². The standard InChI is InChI=1S/C15H14BrNO3/c1-19-15-5-2-9(8-17-15)13-7-12(18)11-4-3-10(16)6-14(11)20-13/h2-6,8,12-13,18H,7H2,1H3. The molecule has 4 nitrogen and oxygen atoms in total. The van der Waals surface area contributed by atoms with Gasteiger partial charge in [0.05, 0.1) is 13.2 Å². The molecule has 0 radical (unpaired) electrons. The third-order valence-corrected chi connectivity index (χ3v) is 3.87. The summed E-state index contributed by atoms with van der Waals surface area (Å²) in [6, 6.07) is 9.36. The molecule has 2 unspecified atom stereocenters. The van der Waals surface area contributed by atoms with Gasteiger partial charge >= 0.3 is 0 Å². The molecule has 0 aliphatic carbocycles. The third-order valence-electron chi connectivity index (χ3n) is 3.38. The number of halogens is 1. The van der Waals surface area contributed by atoms with Crippen LogP contribution in [0.5, 0.6) is 11.6 Å². The lowest BCUT2D eigenvalue weighted by Gasteiger charge is -2.29. The van der Waals surface area contributed by atoms with Crippen LogP contribution in [0.25, 0.3) is 0 Å². The lowest BCUT2D eigenvalue weighted by atomic mass is 9.96. The van der Waals surface area contributed by atoms with Crippen molar-refractivity contribution in [2.45, 2.75) is 18.6 Å². The Bertz CT molecular complexity index is 615. The van der Waals surface area contributed by atoms with Crippen molar-refractivity contribution in [2.75, 3.05) is 7.11 Å². The zero-order valence-electron chi connectivity index (χ0n) is 10.9. The summed E-state index contributed by atoms with van der Waals surface area (Å²) in [5, 5.41) is 10.2. The number of nitrogens with zero attached hydrogens (tertiary/aromatic N) is 1. The van der Waals surface area contributed by atoms with Crippen molar-refractivity contribution in [3.8, 4) is 11.6 Å². The first-order chi connectivity index (χ1) is 9.67. The first-order valence-corrected chi connectivity index (χ1v) is 7.11. The number of aliphatic hydroxyl groups is 1. The fourth-order valence-electron chi connectivity index (χ4n) is 2.32. The summed E-state index contributed by atoms with van der Waals surface area (Å²) in [4.78, 5) is 4.18. The minimum absolute atomic E-state index is 0.204. The first-order valence-electron chi connectivity index (χ1n) is 6.31. The number of ether oxygens (including phenoxy) is 2. The van der Waals surface area contributed by atoms with Crippen molar-refractivity contribution in [1.29, 1.82) is 0 Å². The number of rotatable bonds is 2. The Hall–Kier alpha value is -1.59. The minimum atomic E-state index is -0.529. The molecule has 1 aromatic heterocycles. The van der Waals surface area contributed by atoms with Gasteiger partial charge in [-0.1, -0.05) is 22.0 Å². The minimum Gasteiger partial charge on any atom is -0.485 e. The second-order valence-electron chi connectivity index (χ2n) is 4.67. The van der Waals surface area contributed by atoms with Crippen LogP contribution in [0.2, 0.25) is 0 Å². The van der Waals surface area contributed by atoms with Gasteiger partial charge in [0, 0.05) is 34.3 Å². The molecule has 0 spiro atoms. The Morgan fingerprint density at radius 2 is 2.20 bits per heavy atom. The average molecular weight is 336 g/mol. The van der Waals surface area contributed by atoms with Crippen molar-refractivity contribution < 1.29 is 14.6 Å². The predicted octanol–water partition coefficient (Wildman–Crippen LogP) is 3.41. The summed E-state index contributed by atoms with van der Waals surface area (Å²) < 4.78 is 11.9.